The third kappa shape index (κ3) is 3.95. The minimum absolute atomic E-state index is 0.445. The molecular weight excluding hydrogens is 228 g/mol. The van der Waals surface area contributed by atoms with Gasteiger partial charge < -0.3 is 10.0 Å². The Morgan fingerprint density at radius 3 is 2.56 bits per heavy atom. The molecule has 104 valence electrons. The van der Waals surface area contributed by atoms with Crippen LogP contribution in [0.25, 0.3) is 0 Å². The Bertz CT molecular complexity index is 286. The Morgan fingerprint density at radius 1 is 1.33 bits per heavy atom. The van der Waals surface area contributed by atoms with Crippen molar-refractivity contribution in [2.24, 2.45) is 0 Å². The summed E-state index contributed by atoms with van der Waals surface area (Å²) < 4.78 is 0. The summed E-state index contributed by atoms with van der Waals surface area (Å²) in [5.41, 5.74) is -0.725. The monoisotopic (exact) mass is 254 g/mol. The molecular formula is C14H26N2O2. The fraction of sp³-hybridized carbons (Fsp3) is 0.929. The van der Waals surface area contributed by atoms with Gasteiger partial charge in [0.05, 0.1) is 0 Å². The van der Waals surface area contributed by atoms with Gasteiger partial charge in [0.25, 0.3) is 0 Å². The Balaban J connectivity index is 1.72. The molecule has 0 spiro atoms. The predicted molar refractivity (Wildman–Crippen MR) is 71.7 cm³/mol. The molecule has 0 radical (unpaired) electrons. The fourth-order valence-corrected chi connectivity index (χ4v) is 2.76. The van der Waals surface area contributed by atoms with Crippen LogP contribution in [0.15, 0.2) is 0 Å². The first-order chi connectivity index (χ1) is 8.60. The standard InChI is InChI=1S/C14H26N2O2/c1-14(13(17)18,15-12-6-7-12)8-5-11-16-9-3-2-4-10-16/h12,15H,2-11H2,1H3,(H,17,18). The molecule has 0 amide bonds. The van der Waals surface area contributed by atoms with Crippen molar-refractivity contribution in [3.05, 3.63) is 0 Å². The molecule has 18 heavy (non-hydrogen) atoms. The molecule has 0 aromatic heterocycles. The summed E-state index contributed by atoms with van der Waals surface area (Å²) >= 11 is 0. The van der Waals surface area contributed by atoms with Crippen LogP contribution >= 0.6 is 0 Å². The molecule has 1 aliphatic carbocycles. The van der Waals surface area contributed by atoms with E-state index in [2.05, 4.69) is 10.2 Å². The van der Waals surface area contributed by atoms with Gasteiger partial charge in [-0.25, -0.2) is 0 Å². The van der Waals surface area contributed by atoms with Crippen molar-refractivity contribution in [2.75, 3.05) is 19.6 Å². The van der Waals surface area contributed by atoms with E-state index in [1.165, 1.54) is 32.4 Å². The van der Waals surface area contributed by atoms with Crippen molar-refractivity contribution in [2.45, 2.75) is 63.5 Å². The third-order valence-electron chi connectivity index (χ3n) is 4.17. The van der Waals surface area contributed by atoms with E-state index in [1.54, 1.807) is 0 Å². The minimum atomic E-state index is -0.725. The first-order valence-corrected chi connectivity index (χ1v) is 7.34. The van der Waals surface area contributed by atoms with E-state index in [9.17, 15) is 9.90 Å². The first-order valence-electron chi connectivity index (χ1n) is 7.34. The van der Waals surface area contributed by atoms with Crippen molar-refractivity contribution in [1.82, 2.24) is 10.2 Å². The number of aliphatic carboxylic acids is 1. The van der Waals surface area contributed by atoms with E-state index in [0.717, 1.165) is 32.2 Å². The molecule has 1 saturated carbocycles. The van der Waals surface area contributed by atoms with Crippen LogP contribution < -0.4 is 5.32 Å². The number of hydrogen-bond acceptors (Lipinski definition) is 3. The highest BCUT2D eigenvalue weighted by atomic mass is 16.4. The van der Waals surface area contributed by atoms with Crippen LogP contribution in [-0.4, -0.2) is 47.2 Å². The van der Waals surface area contributed by atoms with E-state index in [0.29, 0.717) is 6.04 Å². The fourth-order valence-electron chi connectivity index (χ4n) is 2.76. The molecule has 1 saturated heterocycles. The van der Waals surface area contributed by atoms with Crippen LogP contribution in [0.3, 0.4) is 0 Å². The second kappa shape index (κ2) is 6.02. The van der Waals surface area contributed by atoms with E-state index >= 15 is 0 Å². The smallest absolute Gasteiger partial charge is 0.323 e. The van der Waals surface area contributed by atoms with Gasteiger partial charge in [-0.3, -0.25) is 10.1 Å². The topological polar surface area (TPSA) is 52.6 Å². The van der Waals surface area contributed by atoms with Crippen LogP contribution in [0.5, 0.6) is 0 Å². The molecule has 1 aliphatic heterocycles. The lowest BCUT2D eigenvalue weighted by atomic mass is 9.95. The van der Waals surface area contributed by atoms with Gasteiger partial charge in [-0.15, -0.1) is 0 Å². The SMILES string of the molecule is CC(CCCN1CCCCC1)(NC1CC1)C(=O)O. The number of carboxylic acids is 1. The third-order valence-corrected chi connectivity index (χ3v) is 4.17. The van der Waals surface area contributed by atoms with Gasteiger partial charge in [-0.05, 0) is 65.1 Å². The number of carbonyl (C=O) groups is 1. The zero-order valence-corrected chi connectivity index (χ0v) is 11.5. The normalized spacial score (nSPS) is 24.7. The molecule has 2 rings (SSSR count). The molecule has 1 heterocycles. The quantitative estimate of drug-likeness (QED) is 0.728. The highest BCUT2D eigenvalue weighted by Gasteiger charge is 2.37. The molecule has 0 aromatic rings. The summed E-state index contributed by atoms with van der Waals surface area (Å²) in [5, 5.41) is 12.7. The van der Waals surface area contributed by atoms with Crippen molar-refractivity contribution in [1.29, 1.82) is 0 Å². The molecule has 2 fully saturated rings. The molecule has 2 aliphatic rings. The molecule has 0 bridgehead atoms. The summed E-state index contributed by atoms with van der Waals surface area (Å²) in [5.74, 6) is -0.701. The molecule has 1 unspecified atom stereocenters. The van der Waals surface area contributed by atoms with Crippen LogP contribution in [0.2, 0.25) is 0 Å². The van der Waals surface area contributed by atoms with Crippen molar-refractivity contribution >= 4 is 5.97 Å². The number of nitrogens with zero attached hydrogens (tertiary/aromatic N) is 1. The zero-order chi connectivity index (χ0) is 13.0. The van der Waals surface area contributed by atoms with E-state index < -0.39 is 11.5 Å². The van der Waals surface area contributed by atoms with Crippen molar-refractivity contribution in [3.63, 3.8) is 0 Å². The summed E-state index contributed by atoms with van der Waals surface area (Å²) in [6, 6.07) is 0.445. The highest BCUT2D eigenvalue weighted by molar-refractivity contribution is 5.78. The maximum absolute atomic E-state index is 11.4. The summed E-state index contributed by atoms with van der Waals surface area (Å²) in [4.78, 5) is 13.9. The Kier molecular flexibility index (Phi) is 4.62. The molecule has 1 atom stereocenters. The Labute approximate surface area is 110 Å². The van der Waals surface area contributed by atoms with E-state index in [-0.39, 0.29) is 0 Å². The van der Waals surface area contributed by atoms with Crippen LogP contribution in [0, 0.1) is 0 Å². The lowest BCUT2D eigenvalue weighted by molar-refractivity contribution is -0.144. The van der Waals surface area contributed by atoms with Crippen molar-refractivity contribution in [3.8, 4) is 0 Å². The lowest BCUT2D eigenvalue weighted by Gasteiger charge is -2.30. The van der Waals surface area contributed by atoms with Crippen molar-refractivity contribution < 1.29 is 9.90 Å². The summed E-state index contributed by atoms with van der Waals surface area (Å²) in [6.45, 7) is 5.28. The summed E-state index contributed by atoms with van der Waals surface area (Å²) in [6.07, 6.45) is 7.93. The number of carboxylic acid groups (broad SMARTS) is 1. The van der Waals surface area contributed by atoms with Gasteiger partial charge in [-0.1, -0.05) is 6.42 Å². The molecule has 4 nitrogen and oxygen atoms in total. The van der Waals surface area contributed by atoms with Crippen LogP contribution in [0.4, 0.5) is 0 Å². The molecule has 2 N–H and O–H groups in total. The number of likely N-dealkylation sites (tertiary alicyclic amines) is 1. The van der Waals surface area contributed by atoms with Gasteiger partial charge in [-0.2, -0.15) is 0 Å². The average Bonchev–Trinajstić information content (AvgIpc) is 3.14. The average molecular weight is 254 g/mol. The molecule has 0 aromatic carbocycles. The van der Waals surface area contributed by atoms with Crippen LogP contribution in [0.1, 0.15) is 51.9 Å². The summed E-state index contributed by atoms with van der Waals surface area (Å²) in [7, 11) is 0. The van der Waals surface area contributed by atoms with E-state index in [4.69, 9.17) is 0 Å². The number of piperidine rings is 1. The second-order valence-corrected chi connectivity index (χ2v) is 6.06. The number of hydrogen-bond donors (Lipinski definition) is 2. The Hall–Kier alpha value is -0.610. The van der Waals surface area contributed by atoms with Gasteiger partial charge in [0.2, 0.25) is 0 Å². The lowest BCUT2D eigenvalue weighted by Crippen LogP contribution is -2.51. The zero-order valence-electron chi connectivity index (χ0n) is 11.5. The van der Waals surface area contributed by atoms with Gasteiger partial charge >= 0.3 is 5.97 Å². The van der Waals surface area contributed by atoms with Gasteiger partial charge in [0.1, 0.15) is 5.54 Å². The number of nitrogens with one attached hydrogen (secondary N) is 1. The predicted octanol–water partition coefficient (Wildman–Crippen LogP) is 1.85. The highest BCUT2D eigenvalue weighted by Crippen LogP contribution is 2.25. The van der Waals surface area contributed by atoms with Gasteiger partial charge in [0, 0.05) is 6.04 Å². The maximum Gasteiger partial charge on any atom is 0.323 e. The van der Waals surface area contributed by atoms with Crippen LogP contribution in [-0.2, 0) is 4.79 Å². The number of rotatable bonds is 7. The first kappa shape index (κ1) is 13.8. The minimum Gasteiger partial charge on any atom is -0.480 e. The maximum atomic E-state index is 11.4. The molecule has 4 heteroatoms. The Morgan fingerprint density at radius 2 is 2.00 bits per heavy atom. The van der Waals surface area contributed by atoms with E-state index in [1.807, 2.05) is 6.92 Å². The second-order valence-electron chi connectivity index (χ2n) is 6.06. The largest absolute Gasteiger partial charge is 0.480 e. The van der Waals surface area contributed by atoms with Gasteiger partial charge in [0.15, 0.2) is 0 Å².